The Bertz CT molecular complexity index is 1050. The third-order valence-corrected chi connectivity index (χ3v) is 6.51. The second-order valence-corrected chi connectivity index (χ2v) is 8.26. The molecule has 162 valence electrons. The number of benzene rings is 1. The van der Waals surface area contributed by atoms with Crippen LogP contribution in [-0.2, 0) is 31.2 Å². The van der Waals surface area contributed by atoms with Gasteiger partial charge in [-0.15, -0.1) is 0 Å². The number of carbonyl (C=O) groups is 1. The number of aromatic nitrogens is 2. The van der Waals surface area contributed by atoms with Crippen molar-refractivity contribution in [1.82, 2.24) is 19.8 Å². The average molecular weight is 440 g/mol. The molecule has 6 nitrogen and oxygen atoms in total. The minimum Gasteiger partial charge on any atom is -0.376 e. The van der Waals surface area contributed by atoms with Crippen molar-refractivity contribution in [1.29, 1.82) is 0 Å². The number of halogens is 3. The fourth-order valence-corrected chi connectivity index (χ4v) is 4.75. The second-order valence-electron chi connectivity index (χ2n) is 7.90. The molecule has 0 spiro atoms. The summed E-state index contributed by atoms with van der Waals surface area (Å²) in [6, 6.07) is 1.32. The number of hydrogen-bond donors (Lipinski definition) is 3. The zero-order valence-corrected chi connectivity index (χ0v) is 17.2. The molecule has 1 aromatic heterocycles. The third kappa shape index (κ3) is 3.67. The minimum atomic E-state index is -1.18. The number of rotatable bonds is 4. The van der Waals surface area contributed by atoms with Crippen LogP contribution in [0.2, 0.25) is 0 Å². The summed E-state index contributed by atoms with van der Waals surface area (Å²) in [4.78, 5) is 12.6. The lowest BCUT2D eigenvalue weighted by molar-refractivity contribution is -0.122. The van der Waals surface area contributed by atoms with Crippen molar-refractivity contribution in [3.05, 3.63) is 51.3 Å². The van der Waals surface area contributed by atoms with Gasteiger partial charge in [-0.2, -0.15) is 0 Å². The normalized spacial score (nSPS) is 23.4. The van der Waals surface area contributed by atoms with Gasteiger partial charge in [0.05, 0.1) is 12.5 Å². The van der Waals surface area contributed by atoms with Gasteiger partial charge in [0.15, 0.2) is 16.4 Å². The fourth-order valence-electron chi connectivity index (χ4n) is 4.46. The molecule has 2 aromatic rings. The summed E-state index contributed by atoms with van der Waals surface area (Å²) >= 11 is 5.45. The largest absolute Gasteiger partial charge is 0.376 e. The van der Waals surface area contributed by atoms with Crippen molar-refractivity contribution in [2.45, 2.75) is 50.4 Å². The summed E-state index contributed by atoms with van der Waals surface area (Å²) in [6.07, 6.45) is 0.992. The highest BCUT2D eigenvalue weighted by Gasteiger charge is 2.33. The zero-order valence-electron chi connectivity index (χ0n) is 16.4. The van der Waals surface area contributed by atoms with Crippen LogP contribution >= 0.6 is 12.2 Å². The molecule has 0 radical (unpaired) electrons. The predicted molar refractivity (Wildman–Crippen MR) is 106 cm³/mol. The molecule has 1 amide bonds. The first-order valence-electron chi connectivity index (χ1n) is 9.89. The number of piperidine rings is 1. The molecule has 0 bridgehead atoms. The first-order chi connectivity index (χ1) is 14.3. The Hall–Kier alpha value is -2.17. The lowest BCUT2D eigenvalue weighted by Gasteiger charge is -2.29. The molecule has 30 heavy (non-hydrogen) atoms. The van der Waals surface area contributed by atoms with E-state index in [0.29, 0.717) is 29.1 Å². The van der Waals surface area contributed by atoms with Gasteiger partial charge < -0.3 is 19.6 Å². The highest BCUT2D eigenvalue weighted by molar-refractivity contribution is 7.71. The van der Waals surface area contributed by atoms with E-state index >= 15 is 0 Å². The maximum absolute atomic E-state index is 14.3. The van der Waals surface area contributed by atoms with E-state index in [1.807, 2.05) is 0 Å². The number of aliphatic hydroxyl groups is 1. The highest BCUT2D eigenvalue weighted by Crippen LogP contribution is 2.36. The number of hydrogen-bond acceptors (Lipinski definition) is 4. The summed E-state index contributed by atoms with van der Waals surface area (Å²) in [5.41, 5.74) is 1.08. The van der Waals surface area contributed by atoms with Crippen LogP contribution in [0, 0.1) is 22.2 Å². The van der Waals surface area contributed by atoms with Crippen LogP contribution < -0.4 is 10.6 Å². The van der Waals surface area contributed by atoms with Crippen LogP contribution in [0.1, 0.15) is 35.7 Å². The molecule has 2 aliphatic heterocycles. The van der Waals surface area contributed by atoms with Crippen LogP contribution in [-0.4, -0.2) is 39.0 Å². The standard InChI is InChI=1S/C20H23F3N4O2S/c1-26-14(8-16(28)25-13-3-2-6-24-19(13)29)15-7-10(9-27(15)20(26)30)17-11(21)4-5-12(22)18(17)23/h4-5,10,13,19,24,29H,2-3,6-9H2,1H3,(H,25,28)/t10-,13+,19?/m0/s1. The summed E-state index contributed by atoms with van der Waals surface area (Å²) in [5, 5.41) is 15.7. The van der Waals surface area contributed by atoms with Gasteiger partial charge >= 0.3 is 0 Å². The lowest BCUT2D eigenvalue weighted by Crippen LogP contribution is -2.53. The van der Waals surface area contributed by atoms with Gasteiger partial charge in [0.25, 0.3) is 0 Å². The van der Waals surface area contributed by atoms with Crippen molar-refractivity contribution in [3.63, 3.8) is 0 Å². The molecule has 2 aliphatic rings. The molecule has 3 heterocycles. The molecule has 1 aromatic carbocycles. The van der Waals surface area contributed by atoms with Crippen LogP contribution in [0.15, 0.2) is 12.1 Å². The zero-order chi connectivity index (χ0) is 21.6. The third-order valence-electron chi connectivity index (χ3n) is 6.01. The van der Waals surface area contributed by atoms with Crippen molar-refractivity contribution in [3.8, 4) is 0 Å². The maximum Gasteiger partial charge on any atom is 0.226 e. The molecule has 10 heteroatoms. The van der Waals surface area contributed by atoms with Crippen LogP contribution in [0.4, 0.5) is 13.2 Å². The summed E-state index contributed by atoms with van der Waals surface area (Å²) in [7, 11) is 1.74. The van der Waals surface area contributed by atoms with E-state index in [9.17, 15) is 23.1 Å². The van der Waals surface area contributed by atoms with Crippen LogP contribution in [0.3, 0.4) is 0 Å². The van der Waals surface area contributed by atoms with Crippen LogP contribution in [0.5, 0.6) is 0 Å². The quantitative estimate of drug-likeness (QED) is 0.503. The Morgan fingerprint density at radius 1 is 1.33 bits per heavy atom. The number of imidazole rings is 1. The molecular weight excluding hydrogens is 417 g/mol. The Kier molecular flexibility index (Phi) is 5.73. The molecule has 0 aliphatic carbocycles. The van der Waals surface area contributed by atoms with Gasteiger partial charge in [0.2, 0.25) is 5.91 Å². The Morgan fingerprint density at radius 3 is 2.80 bits per heavy atom. The fraction of sp³-hybridized carbons (Fsp3) is 0.500. The maximum atomic E-state index is 14.3. The molecule has 1 saturated heterocycles. The van der Waals surface area contributed by atoms with Crippen molar-refractivity contribution >= 4 is 18.1 Å². The van der Waals surface area contributed by atoms with E-state index in [1.54, 1.807) is 16.2 Å². The molecule has 3 atom stereocenters. The first kappa shape index (κ1) is 21.1. The Balaban J connectivity index is 1.56. The van der Waals surface area contributed by atoms with Crippen molar-refractivity contribution < 1.29 is 23.1 Å². The first-order valence-corrected chi connectivity index (χ1v) is 10.3. The lowest BCUT2D eigenvalue weighted by atomic mass is 9.95. The average Bonchev–Trinajstić information content (AvgIpc) is 3.22. The van der Waals surface area contributed by atoms with E-state index in [0.717, 1.165) is 18.6 Å². The SMILES string of the molecule is Cn1c(CC(=O)N[C@@H]2CCCNC2O)c2n(c1=S)C[C@@H](c1c(F)ccc(F)c1F)C2. The summed E-state index contributed by atoms with van der Waals surface area (Å²) < 4.78 is 46.1. The number of nitrogens with zero attached hydrogens (tertiary/aromatic N) is 2. The minimum absolute atomic E-state index is 0.0204. The van der Waals surface area contributed by atoms with Gasteiger partial charge in [0.1, 0.15) is 12.0 Å². The van der Waals surface area contributed by atoms with Crippen LogP contribution in [0.25, 0.3) is 0 Å². The predicted octanol–water partition coefficient (Wildman–Crippen LogP) is 2.04. The number of nitrogens with one attached hydrogen (secondary N) is 2. The smallest absolute Gasteiger partial charge is 0.226 e. The molecule has 1 fully saturated rings. The number of aliphatic hydroxyl groups excluding tert-OH is 1. The van der Waals surface area contributed by atoms with Gasteiger partial charge in [-0.1, -0.05) is 0 Å². The van der Waals surface area contributed by atoms with E-state index in [1.165, 1.54) is 0 Å². The second kappa shape index (κ2) is 8.16. The van der Waals surface area contributed by atoms with Gasteiger partial charge in [-0.25, -0.2) is 13.2 Å². The van der Waals surface area contributed by atoms with Gasteiger partial charge in [-0.05, 0) is 50.2 Å². The number of amides is 1. The monoisotopic (exact) mass is 440 g/mol. The van der Waals surface area contributed by atoms with Crippen molar-refractivity contribution in [2.24, 2.45) is 7.05 Å². The number of fused-ring (bicyclic) bond motifs is 1. The molecule has 4 rings (SSSR count). The Morgan fingerprint density at radius 2 is 2.07 bits per heavy atom. The van der Waals surface area contributed by atoms with Crippen molar-refractivity contribution in [2.75, 3.05) is 6.54 Å². The van der Waals surface area contributed by atoms with E-state index in [4.69, 9.17) is 12.2 Å². The summed E-state index contributed by atoms with van der Waals surface area (Å²) in [5.74, 6) is -3.94. The number of carbonyl (C=O) groups excluding carboxylic acids is 1. The Labute approximate surface area is 176 Å². The molecule has 3 N–H and O–H groups in total. The highest BCUT2D eigenvalue weighted by atomic mass is 32.1. The van der Waals surface area contributed by atoms with E-state index < -0.39 is 29.6 Å². The molecular formula is C20H23F3N4O2S. The molecule has 0 saturated carbocycles. The van der Waals surface area contributed by atoms with Gasteiger partial charge in [-0.3, -0.25) is 10.1 Å². The topological polar surface area (TPSA) is 71.2 Å². The summed E-state index contributed by atoms with van der Waals surface area (Å²) in [6.45, 7) is 0.912. The molecule has 1 unspecified atom stereocenters. The van der Waals surface area contributed by atoms with E-state index in [2.05, 4.69) is 10.6 Å². The van der Waals surface area contributed by atoms with E-state index in [-0.39, 0.29) is 36.9 Å². The van der Waals surface area contributed by atoms with Gasteiger partial charge in [0, 0.05) is 36.5 Å².